The van der Waals surface area contributed by atoms with E-state index in [1.54, 1.807) is 0 Å². The van der Waals surface area contributed by atoms with Gasteiger partial charge in [-0.25, -0.2) is 4.79 Å². The second-order valence-corrected chi connectivity index (χ2v) is 9.55. The summed E-state index contributed by atoms with van der Waals surface area (Å²) in [4.78, 5) is 36.8. The van der Waals surface area contributed by atoms with Crippen molar-refractivity contribution in [3.8, 4) is 11.1 Å². The fourth-order valence-corrected chi connectivity index (χ4v) is 5.19. The summed E-state index contributed by atoms with van der Waals surface area (Å²) in [6.45, 7) is 3.95. The van der Waals surface area contributed by atoms with E-state index >= 15 is 0 Å². The summed E-state index contributed by atoms with van der Waals surface area (Å²) < 4.78 is 5.63. The van der Waals surface area contributed by atoms with E-state index in [4.69, 9.17) is 4.74 Å². The number of carbonyl (C=O) groups is 3. The molecule has 0 spiro atoms. The lowest BCUT2D eigenvalue weighted by Crippen LogP contribution is -2.46. The van der Waals surface area contributed by atoms with Crippen LogP contribution in [0.5, 0.6) is 0 Å². The first-order valence-corrected chi connectivity index (χ1v) is 12.0. The predicted molar refractivity (Wildman–Crippen MR) is 128 cm³/mol. The van der Waals surface area contributed by atoms with Crippen LogP contribution in [-0.2, 0) is 14.3 Å². The molecule has 0 aliphatic heterocycles. The molecule has 2 aromatic rings. The summed E-state index contributed by atoms with van der Waals surface area (Å²) in [5.41, 5.74) is 4.63. The van der Waals surface area contributed by atoms with Gasteiger partial charge in [0.1, 0.15) is 6.61 Å². The number of carboxylic acid groups (broad SMARTS) is 1. The number of carbonyl (C=O) groups excluding carboxylic acids is 2. The highest BCUT2D eigenvalue weighted by molar-refractivity contribution is 5.82. The molecule has 2 aliphatic carbocycles. The minimum atomic E-state index is -0.921. The molecule has 2 amide bonds. The lowest BCUT2D eigenvalue weighted by atomic mass is 9.95. The first-order valence-electron chi connectivity index (χ1n) is 12.0. The van der Waals surface area contributed by atoms with Gasteiger partial charge in [0.05, 0.1) is 11.8 Å². The molecule has 2 aromatic carbocycles. The monoisotopic (exact) mass is 464 g/mol. The number of fused-ring (bicyclic) bond motifs is 3. The smallest absolute Gasteiger partial charge is 0.407 e. The topological polar surface area (TPSA) is 105 Å². The summed E-state index contributed by atoms with van der Waals surface area (Å²) in [6.07, 6.45) is 1.63. The van der Waals surface area contributed by atoms with Crippen molar-refractivity contribution in [2.24, 2.45) is 17.8 Å². The number of nitrogens with one attached hydrogen (secondary N) is 2. The minimum absolute atomic E-state index is 0.0233. The van der Waals surface area contributed by atoms with Gasteiger partial charge < -0.3 is 20.5 Å². The van der Waals surface area contributed by atoms with Crippen LogP contribution < -0.4 is 10.6 Å². The second kappa shape index (κ2) is 10.3. The van der Waals surface area contributed by atoms with E-state index in [-0.39, 0.29) is 42.9 Å². The van der Waals surface area contributed by atoms with Crippen LogP contribution in [0.1, 0.15) is 50.2 Å². The average molecular weight is 465 g/mol. The fourth-order valence-electron chi connectivity index (χ4n) is 5.19. The molecule has 1 saturated carbocycles. The van der Waals surface area contributed by atoms with Crippen LogP contribution in [0.4, 0.5) is 4.79 Å². The van der Waals surface area contributed by atoms with Gasteiger partial charge in [0.25, 0.3) is 0 Å². The number of rotatable bonds is 8. The van der Waals surface area contributed by atoms with E-state index in [1.165, 1.54) is 11.1 Å². The number of alkyl carbamates (subject to hydrolysis) is 1. The van der Waals surface area contributed by atoms with Gasteiger partial charge in [-0.2, -0.15) is 0 Å². The maximum absolute atomic E-state index is 12.7. The molecule has 1 unspecified atom stereocenters. The Hall–Kier alpha value is -3.35. The molecule has 0 bridgehead atoms. The Bertz CT molecular complexity index is 1020. The molecule has 0 heterocycles. The van der Waals surface area contributed by atoms with Crippen molar-refractivity contribution in [1.82, 2.24) is 10.6 Å². The Morgan fingerprint density at radius 2 is 1.62 bits per heavy atom. The maximum Gasteiger partial charge on any atom is 0.407 e. The second-order valence-electron chi connectivity index (χ2n) is 9.55. The molecule has 1 fully saturated rings. The van der Waals surface area contributed by atoms with Crippen LogP contribution in [-0.4, -0.2) is 42.3 Å². The number of amides is 2. The zero-order chi connectivity index (χ0) is 24.2. The van der Waals surface area contributed by atoms with Crippen molar-refractivity contribution >= 4 is 18.0 Å². The van der Waals surface area contributed by atoms with E-state index in [0.29, 0.717) is 12.8 Å². The molecule has 2 aliphatic rings. The fraction of sp³-hybridized carbons (Fsp3) is 0.444. The number of carboxylic acids is 1. The molecule has 4 rings (SSSR count). The van der Waals surface area contributed by atoms with E-state index in [9.17, 15) is 19.5 Å². The number of hydrogen-bond acceptors (Lipinski definition) is 4. The van der Waals surface area contributed by atoms with Gasteiger partial charge in [0.2, 0.25) is 5.91 Å². The highest BCUT2D eigenvalue weighted by atomic mass is 16.5. The van der Waals surface area contributed by atoms with E-state index in [0.717, 1.165) is 17.5 Å². The highest BCUT2D eigenvalue weighted by Crippen LogP contribution is 2.44. The predicted octanol–water partition coefficient (Wildman–Crippen LogP) is 4.17. The van der Waals surface area contributed by atoms with Crippen LogP contribution in [0.25, 0.3) is 11.1 Å². The normalized spacial score (nSPS) is 19.9. The molecule has 0 radical (unpaired) electrons. The Morgan fingerprint density at radius 3 is 2.21 bits per heavy atom. The van der Waals surface area contributed by atoms with Gasteiger partial charge in [0.15, 0.2) is 0 Å². The molecule has 3 atom stereocenters. The van der Waals surface area contributed by atoms with Gasteiger partial charge in [-0.15, -0.1) is 0 Å². The summed E-state index contributed by atoms with van der Waals surface area (Å²) in [5, 5.41) is 15.0. The quantitative estimate of drug-likeness (QED) is 0.544. The van der Waals surface area contributed by atoms with Crippen LogP contribution in [0.2, 0.25) is 0 Å². The van der Waals surface area contributed by atoms with E-state index < -0.39 is 18.0 Å². The van der Waals surface area contributed by atoms with Crippen LogP contribution >= 0.6 is 0 Å². The van der Waals surface area contributed by atoms with Gasteiger partial charge >= 0.3 is 12.1 Å². The van der Waals surface area contributed by atoms with E-state index in [2.05, 4.69) is 34.9 Å². The van der Waals surface area contributed by atoms with Gasteiger partial charge in [-0.1, -0.05) is 68.8 Å². The summed E-state index contributed by atoms with van der Waals surface area (Å²) in [6, 6.07) is 16.0. The maximum atomic E-state index is 12.7. The number of aliphatic carboxylic acids is 1. The molecule has 0 aromatic heterocycles. The van der Waals surface area contributed by atoms with Gasteiger partial charge in [0, 0.05) is 18.5 Å². The van der Waals surface area contributed by atoms with Crippen molar-refractivity contribution in [3.05, 3.63) is 59.7 Å². The van der Waals surface area contributed by atoms with Crippen molar-refractivity contribution < 1.29 is 24.2 Å². The van der Waals surface area contributed by atoms with E-state index in [1.807, 2.05) is 38.1 Å². The summed E-state index contributed by atoms with van der Waals surface area (Å²) in [7, 11) is 0. The average Bonchev–Trinajstić information content (AvgIpc) is 3.40. The summed E-state index contributed by atoms with van der Waals surface area (Å²) >= 11 is 0. The molecule has 7 heteroatoms. The van der Waals surface area contributed by atoms with Crippen molar-refractivity contribution in [2.75, 3.05) is 13.2 Å². The molecule has 0 saturated heterocycles. The largest absolute Gasteiger partial charge is 0.481 e. The van der Waals surface area contributed by atoms with Gasteiger partial charge in [-0.3, -0.25) is 9.59 Å². The first kappa shape index (κ1) is 23.8. The Kier molecular flexibility index (Phi) is 7.20. The number of hydrogen-bond donors (Lipinski definition) is 3. The van der Waals surface area contributed by atoms with Crippen LogP contribution in [0.3, 0.4) is 0 Å². The molecule has 34 heavy (non-hydrogen) atoms. The molecule has 7 nitrogen and oxygen atoms in total. The number of ether oxygens (including phenoxy) is 1. The van der Waals surface area contributed by atoms with Crippen LogP contribution in [0, 0.1) is 17.8 Å². The molecule has 3 N–H and O–H groups in total. The van der Waals surface area contributed by atoms with Crippen LogP contribution in [0.15, 0.2) is 48.5 Å². The Balaban J connectivity index is 1.33. The number of benzene rings is 2. The van der Waals surface area contributed by atoms with Crippen molar-refractivity contribution in [3.63, 3.8) is 0 Å². The third kappa shape index (κ3) is 4.93. The SMILES string of the molecule is CC(C)C(CNC(=O)[C@@H]1CCC[C@@H]1NC(=O)OCC1c2ccccc2-c2ccccc21)C(=O)O. The molecule has 180 valence electrons. The lowest BCUT2D eigenvalue weighted by Gasteiger charge is -2.23. The first-order chi connectivity index (χ1) is 16.4. The Labute approximate surface area is 199 Å². The molecular formula is C27H32N2O5. The summed E-state index contributed by atoms with van der Waals surface area (Å²) in [5.74, 6) is -2.27. The third-order valence-electron chi connectivity index (χ3n) is 7.12. The zero-order valence-electron chi connectivity index (χ0n) is 19.6. The zero-order valence-corrected chi connectivity index (χ0v) is 19.6. The van der Waals surface area contributed by atoms with Crippen molar-refractivity contribution in [2.45, 2.75) is 45.1 Å². The Morgan fingerprint density at radius 1 is 1.00 bits per heavy atom. The van der Waals surface area contributed by atoms with Gasteiger partial charge in [-0.05, 0) is 41.0 Å². The standard InChI is InChI=1S/C27H32N2O5/c1-16(2)22(26(31)32)14-28-25(30)21-12-7-13-24(21)29-27(33)34-15-23-19-10-5-3-8-17(19)18-9-4-6-11-20(18)23/h3-6,8-11,16,21-24H,7,12-15H2,1-2H3,(H,28,30)(H,29,33)(H,31,32)/t21-,22?,24+/m1/s1. The highest BCUT2D eigenvalue weighted by Gasteiger charge is 2.36. The third-order valence-corrected chi connectivity index (χ3v) is 7.12. The molecular weight excluding hydrogens is 432 g/mol. The van der Waals surface area contributed by atoms with Crippen molar-refractivity contribution in [1.29, 1.82) is 0 Å². The lowest BCUT2D eigenvalue weighted by molar-refractivity contribution is -0.143. The minimum Gasteiger partial charge on any atom is -0.481 e.